The van der Waals surface area contributed by atoms with Crippen LogP contribution in [-0.4, -0.2) is 24.9 Å². The first-order chi connectivity index (χ1) is 24.7. The highest BCUT2D eigenvalue weighted by Crippen LogP contribution is 2.50. The van der Waals surface area contributed by atoms with Gasteiger partial charge in [-0.3, -0.25) is 9.97 Å². The lowest BCUT2D eigenvalue weighted by Gasteiger charge is -2.23. The molecule has 1 aliphatic heterocycles. The van der Waals surface area contributed by atoms with Gasteiger partial charge in [-0.25, -0.2) is 15.0 Å². The SMILES string of the molecule is c1ccc(-c2nc(-c3ccccc3)nc(-c3cccc(-c4ccc5c(c4)Oc4cc(-c6ccncc6)c(-c6ccncc6)cc4O5)c3)n2)cc1. The van der Waals surface area contributed by atoms with Crippen LogP contribution in [0.5, 0.6) is 23.0 Å². The lowest BCUT2D eigenvalue weighted by atomic mass is 9.94. The fraction of sp³-hybridized carbons (Fsp3) is 0. The summed E-state index contributed by atoms with van der Waals surface area (Å²) >= 11 is 0. The van der Waals surface area contributed by atoms with Crippen molar-refractivity contribution in [2.75, 3.05) is 0 Å². The van der Waals surface area contributed by atoms with E-state index in [0.29, 0.717) is 40.5 Å². The zero-order chi connectivity index (χ0) is 33.3. The Kier molecular flexibility index (Phi) is 7.33. The monoisotopic (exact) mass is 645 g/mol. The number of aromatic nitrogens is 5. The molecule has 3 aromatic heterocycles. The van der Waals surface area contributed by atoms with Gasteiger partial charge in [0, 0.05) is 41.5 Å². The third kappa shape index (κ3) is 5.63. The van der Waals surface area contributed by atoms with Crippen LogP contribution in [0.3, 0.4) is 0 Å². The zero-order valence-electron chi connectivity index (χ0n) is 26.6. The molecule has 0 saturated heterocycles. The van der Waals surface area contributed by atoms with Crippen LogP contribution in [-0.2, 0) is 0 Å². The molecule has 8 aromatic rings. The van der Waals surface area contributed by atoms with Crippen molar-refractivity contribution in [3.05, 3.63) is 164 Å². The summed E-state index contributed by atoms with van der Waals surface area (Å²) in [6, 6.07) is 46.2. The molecule has 9 rings (SSSR count). The Bertz CT molecular complexity index is 2420. The summed E-state index contributed by atoms with van der Waals surface area (Å²) < 4.78 is 13.0. The van der Waals surface area contributed by atoms with Gasteiger partial charge in [-0.15, -0.1) is 0 Å². The predicted molar refractivity (Wildman–Crippen MR) is 195 cm³/mol. The van der Waals surface area contributed by atoms with Crippen molar-refractivity contribution in [3.63, 3.8) is 0 Å². The summed E-state index contributed by atoms with van der Waals surface area (Å²) in [6.45, 7) is 0. The molecule has 50 heavy (non-hydrogen) atoms. The van der Waals surface area contributed by atoms with E-state index in [9.17, 15) is 0 Å². The maximum Gasteiger partial charge on any atom is 0.170 e. The second-order valence-electron chi connectivity index (χ2n) is 11.8. The van der Waals surface area contributed by atoms with Crippen LogP contribution in [0.4, 0.5) is 0 Å². The Morgan fingerprint density at radius 2 is 0.740 bits per heavy atom. The van der Waals surface area contributed by atoms with Crippen molar-refractivity contribution in [1.29, 1.82) is 0 Å². The van der Waals surface area contributed by atoms with E-state index in [-0.39, 0.29) is 0 Å². The first-order valence-electron chi connectivity index (χ1n) is 16.2. The van der Waals surface area contributed by atoms with Gasteiger partial charge in [-0.2, -0.15) is 0 Å². The van der Waals surface area contributed by atoms with Crippen LogP contribution >= 0.6 is 0 Å². The van der Waals surface area contributed by atoms with Crippen LogP contribution in [0.25, 0.3) is 67.5 Å². The molecule has 0 atom stereocenters. The number of hydrogen-bond acceptors (Lipinski definition) is 7. The normalized spacial score (nSPS) is 11.5. The number of hydrogen-bond donors (Lipinski definition) is 0. The Labute approximate surface area is 288 Å². The fourth-order valence-corrected chi connectivity index (χ4v) is 6.12. The van der Waals surface area contributed by atoms with Crippen LogP contribution < -0.4 is 9.47 Å². The van der Waals surface area contributed by atoms with Gasteiger partial charge >= 0.3 is 0 Å². The quantitative estimate of drug-likeness (QED) is 0.178. The molecular formula is C43H27N5O2. The second-order valence-corrected chi connectivity index (χ2v) is 11.8. The molecule has 0 fully saturated rings. The van der Waals surface area contributed by atoms with Gasteiger partial charge in [0.15, 0.2) is 40.5 Å². The molecule has 0 amide bonds. The number of nitrogens with zero attached hydrogens (tertiary/aromatic N) is 5. The second kappa shape index (κ2) is 12.6. The average molecular weight is 646 g/mol. The summed E-state index contributed by atoms with van der Waals surface area (Å²) in [4.78, 5) is 23.1. The predicted octanol–water partition coefficient (Wildman–Crippen LogP) is 10.6. The van der Waals surface area contributed by atoms with Gasteiger partial charge in [0.1, 0.15) is 0 Å². The van der Waals surface area contributed by atoms with Crippen molar-refractivity contribution in [3.8, 4) is 90.5 Å². The summed E-state index contributed by atoms with van der Waals surface area (Å²) in [5.74, 6) is 4.41. The molecule has 7 heteroatoms. The summed E-state index contributed by atoms with van der Waals surface area (Å²) in [5, 5.41) is 0. The molecule has 4 heterocycles. The average Bonchev–Trinajstić information content (AvgIpc) is 3.20. The lowest BCUT2D eigenvalue weighted by Crippen LogP contribution is -2.01. The van der Waals surface area contributed by atoms with Crippen LogP contribution in [0, 0.1) is 0 Å². The molecular weight excluding hydrogens is 619 g/mol. The standard InChI is InChI=1S/C43H27N5O2/c1-3-8-30(9-4-1)41-46-42(31-10-5-2-6-11-31)48-43(47-41)34-13-7-12-32(24-34)33-14-15-37-38(25-33)50-40-27-36(29-18-22-45-23-19-29)35(26-39(40)49-37)28-16-20-44-21-17-28/h1-27H. The Hall–Kier alpha value is -6.99. The molecule has 0 aliphatic carbocycles. The molecule has 0 radical (unpaired) electrons. The highest BCUT2D eigenvalue weighted by molar-refractivity contribution is 5.86. The molecule has 236 valence electrons. The van der Waals surface area contributed by atoms with E-state index in [1.807, 2.05) is 127 Å². The first kappa shape index (κ1) is 29.2. The van der Waals surface area contributed by atoms with E-state index in [1.165, 1.54) is 0 Å². The van der Waals surface area contributed by atoms with Gasteiger partial charge in [0.2, 0.25) is 0 Å². The molecule has 0 saturated carbocycles. The van der Waals surface area contributed by atoms with E-state index >= 15 is 0 Å². The third-order valence-corrected chi connectivity index (χ3v) is 8.60. The summed E-state index contributed by atoms with van der Waals surface area (Å²) in [6.07, 6.45) is 7.17. The number of benzene rings is 5. The number of ether oxygens (including phenoxy) is 2. The van der Waals surface area contributed by atoms with E-state index < -0.39 is 0 Å². The first-order valence-corrected chi connectivity index (χ1v) is 16.2. The van der Waals surface area contributed by atoms with Gasteiger partial charge in [-0.1, -0.05) is 84.9 Å². The van der Waals surface area contributed by atoms with Gasteiger partial charge in [0.05, 0.1) is 0 Å². The van der Waals surface area contributed by atoms with E-state index in [1.54, 1.807) is 24.8 Å². The molecule has 1 aliphatic rings. The van der Waals surface area contributed by atoms with E-state index in [2.05, 4.69) is 22.1 Å². The maximum absolute atomic E-state index is 6.55. The molecule has 7 nitrogen and oxygen atoms in total. The molecule has 0 spiro atoms. The Morgan fingerprint density at radius 3 is 1.30 bits per heavy atom. The molecule has 0 bridgehead atoms. The zero-order valence-corrected chi connectivity index (χ0v) is 26.6. The summed E-state index contributed by atoms with van der Waals surface area (Å²) in [7, 11) is 0. The molecule has 5 aromatic carbocycles. The molecule has 0 unspecified atom stereocenters. The Morgan fingerprint density at radius 1 is 0.300 bits per heavy atom. The highest BCUT2D eigenvalue weighted by atomic mass is 16.6. The van der Waals surface area contributed by atoms with Crippen LogP contribution in [0.15, 0.2) is 164 Å². The van der Waals surface area contributed by atoms with Gasteiger partial charge in [-0.05, 0) is 88.0 Å². The minimum atomic E-state index is 0.597. The third-order valence-electron chi connectivity index (χ3n) is 8.60. The number of fused-ring (bicyclic) bond motifs is 2. The number of rotatable bonds is 6. The van der Waals surface area contributed by atoms with E-state index in [0.717, 1.165) is 50.1 Å². The maximum atomic E-state index is 6.55. The minimum Gasteiger partial charge on any atom is -0.449 e. The topological polar surface area (TPSA) is 82.9 Å². The van der Waals surface area contributed by atoms with Crippen molar-refractivity contribution >= 4 is 0 Å². The number of pyridine rings is 2. The fourth-order valence-electron chi connectivity index (χ4n) is 6.12. The van der Waals surface area contributed by atoms with E-state index in [4.69, 9.17) is 24.4 Å². The van der Waals surface area contributed by atoms with Crippen LogP contribution in [0.2, 0.25) is 0 Å². The molecule has 0 N–H and O–H groups in total. The highest BCUT2D eigenvalue weighted by Gasteiger charge is 2.23. The largest absolute Gasteiger partial charge is 0.449 e. The van der Waals surface area contributed by atoms with Crippen LogP contribution in [0.1, 0.15) is 0 Å². The Balaban J connectivity index is 1.08. The minimum absolute atomic E-state index is 0.597. The van der Waals surface area contributed by atoms with Gasteiger partial charge < -0.3 is 9.47 Å². The van der Waals surface area contributed by atoms with Gasteiger partial charge in [0.25, 0.3) is 0 Å². The van der Waals surface area contributed by atoms with Crippen molar-refractivity contribution in [2.24, 2.45) is 0 Å². The van der Waals surface area contributed by atoms with Crippen molar-refractivity contribution in [2.45, 2.75) is 0 Å². The van der Waals surface area contributed by atoms with Crippen molar-refractivity contribution in [1.82, 2.24) is 24.9 Å². The van der Waals surface area contributed by atoms with Crippen molar-refractivity contribution < 1.29 is 9.47 Å². The summed E-state index contributed by atoms with van der Waals surface area (Å²) in [5.41, 5.74) is 8.78. The lowest BCUT2D eigenvalue weighted by molar-refractivity contribution is 0.360. The smallest absolute Gasteiger partial charge is 0.170 e.